The molecule has 0 radical (unpaired) electrons. The van der Waals surface area contributed by atoms with Crippen molar-refractivity contribution in [2.45, 2.75) is 69.6 Å². The molecule has 0 spiro atoms. The second kappa shape index (κ2) is 17.2. The van der Waals surface area contributed by atoms with Gasteiger partial charge < -0.3 is 38.9 Å². The highest BCUT2D eigenvalue weighted by Crippen LogP contribution is 2.61. The first-order valence-corrected chi connectivity index (χ1v) is 17.6. The zero-order valence-corrected chi connectivity index (χ0v) is 29.3. The third-order valence-electron chi connectivity index (χ3n) is 10.1. The lowest BCUT2D eigenvalue weighted by Gasteiger charge is -2.59. The fraction of sp³-hybridized carbons (Fsp3) is 0.513. The minimum atomic E-state index is -1.35. The number of unbranched alkanes of at least 4 members (excludes halogenated alkanes) is 2. The van der Waals surface area contributed by atoms with Gasteiger partial charge in [0.25, 0.3) is 0 Å². The number of oxime groups is 1. The molecule has 1 aliphatic heterocycles. The van der Waals surface area contributed by atoms with Crippen molar-refractivity contribution < 1.29 is 43.6 Å². The van der Waals surface area contributed by atoms with Crippen molar-refractivity contribution in [1.82, 2.24) is 4.90 Å². The first-order valence-electron chi connectivity index (χ1n) is 17.6. The summed E-state index contributed by atoms with van der Waals surface area (Å²) in [7, 11) is 3.21. The van der Waals surface area contributed by atoms with Crippen LogP contribution < -0.4 is 9.47 Å². The lowest BCUT2D eigenvalue weighted by atomic mass is 9.55. The minimum Gasteiger partial charge on any atom is -0.459 e. The molecule has 270 valence electrons. The van der Waals surface area contributed by atoms with Crippen LogP contribution in [-0.4, -0.2) is 85.6 Å². The molecule has 50 heavy (non-hydrogen) atoms. The molecule has 2 aliphatic carbocycles. The van der Waals surface area contributed by atoms with E-state index < -0.39 is 23.8 Å². The quantitative estimate of drug-likeness (QED) is 0.0810. The number of hydrogen-bond donors (Lipinski definition) is 2. The second-order valence-electron chi connectivity index (χ2n) is 13.1. The summed E-state index contributed by atoms with van der Waals surface area (Å²) in [4.78, 5) is 31.8. The van der Waals surface area contributed by atoms with Crippen molar-refractivity contribution in [1.29, 1.82) is 0 Å². The zero-order chi connectivity index (χ0) is 35.7. The Morgan fingerprint density at radius 2 is 1.86 bits per heavy atom. The van der Waals surface area contributed by atoms with Gasteiger partial charge in [0.15, 0.2) is 0 Å². The van der Waals surface area contributed by atoms with Gasteiger partial charge in [0.05, 0.1) is 24.8 Å². The van der Waals surface area contributed by atoms with E-state index in [1.165, 1.54) is 7.11 Å². The molecule has 1 heterocycles. The Bertz CT molecular complexity index is 1560. The van der Waals surface area contributed by atoms with Gasteiger partial charge in [-0.25, -0.2) is 4.79 Å². The summed E-state index contributed by atoms with van der Waals surface area (Å²) in [5, 5.41) is 24.0. The minimum absolute atomic E-state index is 0.0763. The summed E-state index contributed by atoms with van der Waals surface area (Å²) in [6.45, 7) is 6.28. The van der Waals surface area contributed by atoms with Gasteiger partial charge in [-0.3, -0.25) is 4.79 Å². The molecule has 0 aromatic heterocycles. The summed E-state index contributed by atoms with van der Waals surface area (Å²) in [5.74, 6) is -0.0585. The van der Waals surface area contributed by atoms with Gasteiger partial charge in [0.2, 0.25) is 5.79 Å². The predicted molar refractivity (Wildman–Crippen MR) is 189 cm³/mol. The van der Waals surface area contributed by atoms with E-state index in [1.54, 1.807) is 49.2 Å². The van der Waals surface area contributed by atoms with Crippen LogP contribution in [0.25, 0.3) is 0 Å². The number of amides is 1. The van der Waals surface area contributed by atoms with E-state index in [2.05, 4.69) is 17.8 Å². The third kappa shape index (κ3) is 7.60. The summed E-state index contributed by atoms with van der Waals surface area (Å²) < 4.78 is 25.7. The number of carbonyl (C=O) groups excluding carboxylic acids is 2. The Kier molecular flexibility index (Phi) is 12.7. The van der Waals surface area contributed by atoms with Crippen LogP contribution in [0.2, 0.25) is 0 Å². The van der Waals surface area contributed by atoms with Crippen LogP contribution in [0.3, 0.4) is 0 Å². The van der Waals surface area contributed by atoms with Gasteiger partial charge in [-0.05, 0) is 80.3 Å². The number of aliphatic hydroxyl groups excluding tert-OH is 2. The van der Waals surface area contributed by atoms with Crippen LogP contribution >= 0.6 is 0 Å². The Balaban J connectivity index is 1.74. The highest BCUT2D eigenvalue weighted by molar-refractivity contribution is 6.02. The number of carbonyl (C=O) groups is 2. The van der Waals surface area contributed by atoms with Crippen molar-refractivity contribution in [2.75, 3.05) is 40.6 Å². The van der Waals surface area contributed by atoms with Crippen LogP contribution in [0.4, 0.5) is 4.79 Å². The molecule has 2 N–H and O–H groups in total. The predicted octanol–water partition coefficient (Wildman–Crippen LogP) is 6.64. The van der Waals surface area contributed by atoms with Crippen molar-refractivity contribution in [3.63, 3.8) is 0 Å². The van der Waals surface area contributed by atoms with Gasteiger partial charge in [0.1, 0.15) is 36.7 Å². The molecule has 1 fully saturated rings. The van der Waals surface area contributed by atoms with Crippen LogP contribution in [0.1, 0.15) is 73.7 Å². The third-order valence-corrected chi connectivity index (χ3v) is 10.1. The highest BCUT2D eigenvalue weighted by atomic mass is 16.7. The monoisotopic (exact) mass is 690 g/mol. The Morgan fingerprint density at radius 1 is 1.10 bits per heavy atom. The Morgan fingerprint density at radius 3 is 2.56 bits per heavy atom. The largest absolute Gasteiger partial charge is 0.459 e. The summed E-state index contributed by atoms with van der Waals surface area (Å²) in [5.41, 5.74) is 3.08. The molecule has 2 aromatic rings. The molecule has 3 aliphatic rings. The van der Waals surface area contributed by atoms with E-state index in [1.807, 2.05) is 18.2 Å². The second-order valence-corrected chi connectivity index (χ2v) is 13.1. The molecule has 5 rings (SSSR count). The Labute approximate surface area is 294 Å². The SMILES string of the molecule is C=CCOC12Oc3ccc(Oc4cccc(C=O)c4)cc3C3C(CCCCO)C(CCCCO)C=C(C(=NOC)CC1N(C)C(=O)OCC)C32. The zero-order valence-electron chi connectivity index (χ0n) is 29.3. The van der Waals surface area contributed by atoms with Gasteiger partial charge in [-0.1, -0.05) is 42.3 Å². The number of aldehydes is 1. The number of aliphatic hydroxyl groups is 2. The number of rotatable bonds is 17. The maximum Gasteiger partial charge on any atom is 0.409 e. The smallest absolute Gasteiger partial charge is 0.409 e. The van der Waals surface area contributed by atoms with E-state index in [0.717, 1.165) is 43.1 Å². The van der Waals surface area contributed by atoms with Gasteiger partial charge >= 0.3 is 6.09 Å². The lowest BCUT2D eigenvalue weighted by Crippen LogP contribution is -2.69. The normalized spacial score (nSPS) is 25.7. The number of likely N-dealkylation sites (N-methyl/N-ethyl adjacent to an activating group) is 1. The molecule has 0 saturated heterocycles. The first kappa shape index (κ1) is 37.1. The van der Waals surface area contributed by atoms with E-state index in [9.17, 15) is 19.8 Å². The highest BCUT2D eigenvalue weighted by Gasteiger charge is 2.65. The fourth-order valence-electron chi connectivity index (χ4n) is 8.04. The molecule has 6 unspecified atom stereocenters. The average molecular weight is 691 g/mol. The van der Waals surface area contributed by atoms with Crippen LogP contribution in [0, 0.1) is 17.8 Å². The maximum atomic E-state index is 13.4. The maximum absolute atomic E-state index is 13.4. The van der Waals surface area contributed by atoms with Crippen molar-refractivity contribution >= 4 is 18.1 Å². The van der Waals surface area contributed by atoms with Gasteiger partial charge in [-0.15, -0.1) is 6.58 Å². The number of allylic oxidation sites excluding steroid dienone is 1. The number of fused-ring (bicyclic) bond motifs is 2. The molecule has 1 amide bonds. The van der Waals surface area contributed by atoms with Crippen molar-refractivity contribution in [2.24, 2.45) is 22.9 Å². The summed E-state index contributed by atoms with van der Waals surface area (Å²) >= 11 is 0. The number of hydrogen-bond acceptors (Lipinski definition) is 10. The molecule has 11 nitrogen and oxygen atoms in total. The van der Waals surface area contributed by atoms with Crippen LogP contribution in [-0.2, 0) is 14.3 Å². The summed E-state index contributed by atoms with van der Waals surface area (Å²) in [6.07, 6.45) is 9.17. The number of nitrogens with zero attached hydrogens (tertiary/aromatic N) is 2. The van der Waals surface area contributed by atoms with Crippen molar-refractivity contribution in [3.8, 4) is 17.2 Å². The van der Waals surface area contributed by atoms with Gasteiger partial charge in [-0.2, -0.15) is 0 Å². The number of ether oxygens (including phenoxy) is 4. The molecule has 1 saturated carbocycles. The fourth-order valence-corrected chi connectivity index (χ4v) is 8.04. The van der Waals surface area contributed by atoms with E-state index in [0.29, 0.717) is 41.4 Å². The molecular formula is C39H50N2O9. The molecular weight excluding hydrogens is 640 g/mol. The number of benzene rings is 2. The standard InChI is InChI=1S/C39H50N2O9/c1-5-20-48-39-35(41(3)38(45)47-6-2)24-33(40-46-4)31-22-27(13-7-9-18-42)30(15-8-10-19-43)36(37(31)39)32-23-29(16-17-34(32)50-39)49-28-14-11-12-26(21-28)25-44/h5,11-12,14,16-17,21-23,25,27,30,35-37,42-43H,1,6-10,13,15,18-20,24H2,2-4H3. The Hall–Kier alpha value is -4.19. The first-order chi connectivity index (χ1) is 24.3. The topological polar surface area (TPSA) is 136 Å². The molecule has 0 bridgehead atoms. The van der Waals surface area contributed by atoms with Crippen LogP contribution in [0.5, 0.6) is 17.2 Å². The molecule has 11 heteroatoms. The molecule has 2 aromatic carbocycles. The van der Waals surface area contributed by atoms with Gasteiger partial charge in [0, 0.05) is 43.7 Å². The van der Waals surface area contributed by atoms with E-state index in [-0.39, 0.29) is 50.6 Å². The van der Waals surface area contributed by atoms with E-state index in [4.69, 9.17) is 23.8 Å². The van der Waals surface area contributed by atoms with Crippen LogP contribution in [0.15, 0.2) is 71.9 Å². The summed E-state index contributed by atoms with van der Waals surface area (Å²) in [6, 6.07) is 12.1. The average Bonchev–Trinajstić information content (AvgIpc) is 3.12. The lowest BCUT2D eigenvalue weighted by molar-refractivity contribution is -0.253. The molecule has 6 atom stereocenters. The van der Waals surface area contributed by atoms with E-state index >= 15 is 0 Å². The van der Waals surface area contributed by atoms with Crippen molar-refractivity contribution in [3.05, 3.63) is 77.9 Å².